The number of hydrogen-bond acceptors (Lipinski definition) is 4. The molecular formula is C9H12ClN3O2. The van der Waals surface area contributed by atoms with Crippen LogP contribution in [0.1, 0.15) is 20.8 Å². The van der Waals surface area contributed by atoms with Gasteiger partial charge in [-0.1, -0.05) is 11.6 Å². The second-order valence-electron chi connectivity index (χ2n) is 3.87. The van der Waals surface area contributed by atoms with Gasteiger partial charge in [-0.15, -0.1) is 10.2 Å². The second-order valence-corrected chi connectivity index (χ2v) is 4.26. The molecule has 0 fully saturated rings. The maximum atomic E-state index is 11.3. The first kappa shape index (κ1) is 11.7. The molecule has 6 heteroatoms. The van der Waals surface area contributed by atoms with E-state index in [4.69, 9.17) is 16.3 Å². The molecule has 1 aromatic heterocycles. The predicted octanol–water partition coefficient (Wildman–Crippen LogP) is 2.48. The first-order chi connectivity index (χ1) is 6.87. The van der Waals surface area contributed by atoms with Gasteiger partial charge in [-0.3, -0.25) is 5.32 Å². The SMILES string of the molecule is CC(C)(C)OC(=O)Nc1ccc(Cl)nn1. The molecule has 0 atom stereocenters. The van der Waals surface area contributed by atoms with Crippen LogP contribution in [0, 0.1) is 0 Å². The van der Waals surface area contributed by atoms with Crippen LogP contribution in [0.25, 0.3) is 0 Å². The van der Waals surface area contributed by atoms with E-state index in [-0.39, 0.29) is 5.15 Å². The zero-order chi connectivity index (χ0) is 11.5. The number of ether oxygens (including phenoxy) is 1. The van der Waals surface area contributed by atoms with Crippen LogP contribution in [0.4, 0.5) is 10.6 Å². The Kier molecular flexibility index (Phi) is 3.47. The van der Waals surface area contributed by atoms with Crippen LogP contribution < -0.4 is 5.32 Å². The number of aromatic nitrogens is 2. The van der Waals surface area contributed by atoms with Gasteiger partial charge in [-0.2, -0.15) is 0 Å². The van der Waals surface area contributed by atoms with Crippen molar-refractivity contribution >= 4 is 23.5 Å². The molecule has 0 bridgehead atoms. The van der Waals surface area contributed by atoms with Crippen molar-refractivity contribution in [2.45, 2.75) is 26.4 Å². The molecule has 15 heavy (non-hydrogen) atoms. The molecule has 1 aromatic rings. The summed E-state index contributed by atoms with van der Waals surface area (Å²) in [5.41, 5.74) is -0.538. The van der Waals surface area contributed by atoms with Gasteiger partial charge in [-0.05, 0) is 32.9 Å². The lowest BCUT2D eigenvalue weighted by atomic mass is 10.2. The molecular weight excluding hydrogens is 218 g/mol. The summed E-state index contributed by atoms with van der Waals surface area (Å²) < 4.78 is 5.02. The Morgan fingerprint density at radius 2 is 2.07 bits per heavy atom. The Balaban J connectivity index is 2.55. The van der Waals surface area contributed by atoms with Crippen LogP contribution in [-0.4, -0.2) is 21.9 Å². The molecule has 1 N–H and O–H groups in total. The van der Waals surface area contributed by atoms with Crippen molar-refractivity contribution in [3.05, 3.63) is 17.3 Å². The molecule has 0 aliphatic rings. The van der Waals surface area contributed by atoms with E-state index in [2.05, 4.69) is 15.5 Å². The fourth-order valence-corrected chi connectivity index (χ4v) is 0.892. The molecule has 5 nitrogen and oxygen atoms in total. The van der Waals surface area contributed by atoms with E-state index in [1.165, 1.54) is 6.07 Å². The van der Waals surface area contributed by atoms with E-state index in [0.29, 0.717) is 5.82 Å². The third kappa shape index (κ3) is 4.60. The van der Waals surface area contributed by atoms with E-state index >= 15 is 0 Å². The summed E-state index contributed by atoms with van der Waals surface area (Å²) in [5, 5.41) is 9.93. The molecule has 0 radical (unpaired) electrons. The highest BCUT2D eigenvalue weighted by atomic mass is 35.5. The lowest BCUT2D eigenvalue weighted by molar-refractivity contribution is 0.0635. The zero-order valence-corrected chi connectivity index (χ0v) is 9.50. The molecule has 0 aliphatic carbocycles. The second kappa shape index (κ2) is 4.44. The van der Waals surface area contributed by atoms with Gasteiger partial charge in [0.15, 0.2) is 11.0 Å². The quantitative estimate of drug-likeness (QED) is 0.804. The molecule has 0 spiro atoms. The normalized spacial score (nSPS) is 10.9. The highest BCUT2D eigenvalue weighted by Crippen LogP contribution is 2.10. The largest absolute Gasteiger partial charge is 0.444 e. The molecule has 82 valence electrons. The summed E-state index contributed by atoms with van der Waals surface area (Å²) in [6, 6.07) is 3.07. The minimum atomic E-state index is -0.570. The summed E-state index contributed by atoms with van der Waals surface area (Å²) in [6.07, 6.45) is -0.570. The number of carbonyl (C=O) groups is 1. The number of halogens is 1. The topological polar surface area (TPSA) is 64.1 Å². The average Bonchev–Trinajstić information content (AvgIpc) is 2.05. The van der Waals surface area contributed by atoms with Gasteiger partial charge < -0.3 is 4.74 Å². The molecule has 0 saturated heterocycles. The number of amides is 1. The van der Waals surface area contributed by atoms with Gasteiger partial charge in [-0.25, -0.2) is 4.79 Å². The van der Waals surface area contributed by atoms with Crippen LogP contribution in [-0.2, 0) is 4.74 Å². The Bertz CT molecular complexity index is 345. The van der Waals surface area contributed by atoms with Crippen LogP contribution in [0.5, 0.6) is 0 Å². The standard InChI is InChI=1S/C9H12ClN3O2/c1-9(2,3)15-8(14)11-7-5-4-6(10)12-13-7/h4-5H,1-3H3,(H,11,13,14). The van der Waals surface area contributed by atoms with E-state index in [0.717, 1.165) is 0 Å². The van der Waals surface area contributed by atoms with Crippen molar-refractivity contribution in [2.75, 3.05) is 5.32 Å². The number of nitrogens with one attached hydrogen (secondary N) is 1. The average molecular weight is 230 g/mol. The van der Waals surface area contributed by atoms with Crippen molar-refractivity contribution in [1.82, 2.24) is 10.2 Å². The van der Waals surface area contributed by atoms with Crippen molar-refractivity contribution < 1.29 is 9.53 Å². The highest BCUT2D eigenvalue weighted by molar-refractivity contribution is 6.29. The maximum absolute atomic E-state index is 11.3. The zero-order valence-electron chi connectivity index (χ0n) is 8.74. The molecule has 0 unspecified atom stereocenters. The predicted molar refractivity (Wildman–Crippen MR) is 56.9 cm³/mol. The van der Waals surface area contributed by atoms with Crippen LogP contribution >= 0.6 is 11.6 Å². The Morgan fingerprint density at radius 1 is 1.40 bits per heavy atom. The van der Waals surface area contributed by atoms with E-state index in [1.54, 1.807) is 26.8 Å². The van der Waals surface area contributed by atoms with Gasteiger partial charge in [0.25, 0.3) is 0 Å². The van der Waals surface area contributed by atoms with Gasteiger partial charge in [0.1, 0.15) is 5.60 Å². The number of nitrogens with zero attached hydrogens (tertiary/aromatic N) is 2. The number of anilines is 1. The van der Waals surface area contributed by atoms with Crippen molar-refractivity contribution in [3.8, 4) is 0 Å². The molecule has 1 heterocycles. The molecule has 0 aromatic carbocycles. The molecule has 1 rings (SSSR count). The van der Waals surface area contributed by atoms with Crippen LogP contribution in [0.3, 0.4) is 0 Å². The smallest absolute Gasteiger partial charge is 0.413 e. The minimum absolute atomic E-state index is 0.268. The number of carbonyl (C=O) groups excluding carboxylic acids is 1. The summed E-state index contributed by atoms with van der Waals surface area (Å²) in [5.74, 6) is 0.300. The molecule has 1 amide bonds. The summed E-state index contributed by atoms with van der Waals surface area (Å²) in [7, 11) is 0. The van der Waals surface area contributed by atoms with Crippen LogP contribution in [0.15, 0.2) is 12.1 Å². The van der Waals surface area contributed by atoms with E-state index < -0.39 is 11.7 Å². The maximum Gasteiger partial charge on any atom is 0.413 e. The summed E-state index contributed by atoms with van der Waals surface area (Å²) in [6.45, 7) is 5.33. The van der Waals surface area contributed by atoms with Crippen LogP contribution in [0.2, 0.25) is 5.15 Å². The summed E-state index contributed by atoms with van der Waals surface area (Å²) in [4.78, 5) is 11.3. The fraction of sp³-hybridized carbons (Fsp3) is 0.444. The first-order valence-corrected chi connectivity index (χ1v) is 4.74. The van der Waals surface area contributed by atoms with E-state index in [9.17, 15) is 4.79 Å². The fourth-order valence-electron chi connectivity index (χ4n) is 0.791. The van der Waals surface area contributed by atoms with Gasteiger partial charge in [0.2, 0.25) is 0 Å². The Labute approximate surface area is 92.8 Å². The van der Waals surface area contributed by atoms with E-state index in [1.807, 2.05) is 0 Å². The monoisotopic (exact) mass is 229 g/mol. The third-order valence-electron chi connectivity index (χ3n) is 1.26. The summed E-state index contributed by atoms with van der Waals surface area (Å²) >= 11 is 5.54. The first-order valence-electron chi connectivity index (χ1n) is 4.36. The van der Waals surface area contributed by atoms with Crippen molar-refractivity contribution in [2.24, 2.45) is 0 Å². The lowest BCUT2D eigenvalue weighted by Crippen LogP contribution is -2.27. The third-order valence-corrected chi connectivity index (χ3v) is 1.46. The molecule has 0 aliphatic heterocycles. The minimum Gasteiger partial charge on any atom is -0.444 e. The van der Waals surface area contributed by atoms with Crippen molar-refractivity contribution in [1.29, 1.82) is 0 Å². The Hall–Kier alpha value is -1.36. The van der Waals surface area contributed by atoms with Gasteiger partial charge >= 0.3 is 6.09 Å². The highest BCUT2D eigenvalue weighted by Gasteiger charge is 2.16. The number of rotatable bonds is 1. The number of hydrogen-bond donors (Lipinski definition) is 1. The lowest BCUT2D eigenvalue weighted by Gasteiger charge is -2.19. The van der Waals surface area contributed by atoms with Gasteiger partial charge in [0.05, 0.1) is 0 Å². The van der Waals surface area contributed by atoms with Gasteiger partial charge in [0, 0.05) is 0 Å². The molecule has 0 saturated carbocycles. The Morgan fingerprint density at radius 3 is 2.53 bits per heavy atom. The van der Waals surface area contributed by atoms with Crippen molar-refractivity contribution in [3.63, 3.8) is 0 Å².